The predicted molar refractivity (Wildman–Crippen MR) is 28.8 cm³/mol. The van der Waals surface area contributed by atoms with Crippen molar-refractivity contribution >= 4 is 5.97 Å². The summed E-state index contributed by atoms with van der Waals surface area (Å²) in [6.45, 7) is 2.02. The summed E-state index contributed by atoms with van der Waals surface area (Å²) in [5, 5.41) is 0. The first-order valence-electron chi connectivity index (χ1n) is 2.36. The minimum absolute atomic E-state index is 0.323. The van der Waals surface area contributed by atoms with Crippen molar-refractivity contribution in [1.82, 2.24) is 0 Å². The Labute approximate surface area is 47.8 Å². The molecule has 0 radical (unpaired) electrons. The molecule has 0 saturated carbocycles. The van der Waals surface area contributed by atoms with E-state index < -0.39 is 12.1 Å². The molecule has 0 atom stereocenters. The van der Waals surface area contributed by atoms with Crippen LogP contribution in [0.5, 0.6) is 0 Å². The summed E-state index contributed by atoms with van der Waals surface area (Å²) in [5.41, 5.74) is 9.85. The molecular weight excluding hydrogens is 108 g/mol. The van der Waals surface area contributed by atoms with Crippen LogP contribution < -0.4 is 11.5 Å². The fourth-order valence-electron chi connectivity index (χ4n) is 0.238. The van der Waals surface area contributed by atoms with Crippen molar-refractivity contribution in [1.29, 1.82) is 0 Å². The topological polar surface area (TPSA) is 78.3 Å². The molecule has 0 rings (SSSR count). The summed E-state index contributed by atoms with van der Waals surface area (Å²) >= 11 is 0. The number of ether oxygens (including phenoxy) is 1. The highest BCUT2D eigenvalue weighted by molar-refractivity contribution is 5.74. The second-order valence-electron chi connectivity index (χ2n) is 1.28. The highest BCUT2D eigenvalue weighted by Gasteiger charge is 2.05. The van der Waals surface area contributed by atoms with Crippen molar-refractivity contribution in [2.45, 2.75) is 13.1 Å². The lowest BCUT2D eigenvalue weighted by molar-refractivity contribution is -0.144. The summed E-state index contributed by atoms with van der Waals surface area (Å²) in [7, 11) is 0. The molecule has 4 nitrogen and oxygen atoms in total. The largest absolute Gasteiger partial charge is 0.464 e. The SMILES string of the molecule is CCOC(=O)C(N)N. The third kappa shape index (κ3) is 2.54. The van der Waals surface area contributed by atoms with Crippen LogP contribution >= 0.6 is 0 Å². The van der Waals surface area contributed by atoms with Crippen LogP contribution in [0.2, 0.25) is 0 Å². The first-order chi connectivity index (χ1) is 3.68. The van der Waals surface area contributed by atoms with Crippen molar-refractivity contribution < 1.29 is 9.53 Å². The molecular formula is C4H10N2O2. The van der Waals surface area contributed by atoms with Gasteiger partial charge in [-0.2, -0.15) is 0 Å². The van der Waals surface area contributed by atoms with Gasteiger partial charge in [0.05, 0.1) is 6.61 Å². The zero-order chi connectivity index (χ0) is 6.57. The number of hydrogen-bond donors (Lipinski definition) is 2. The molecule has 0 aliphatic rings. The van der Waals surface area contributed by atoms with Crippen molar-refractivity contribution in [2.24, 2.45) is 11.5 Å². The number of carbonyl (C=O) groups excluding carboxylic acids is 1. The minimum Gasteiger partial charge on any atom is -0.464 e. The summed E-state index contributed by atoms with van der Waals surface area (Å²) in [6.07, 6.45) is -0.991. The molecule has 4 heteroatoms. The van der Waals surface area contributed by atoms with Gasteiger partial charge in [0.15, 0.2) is 6.17 Å². The first-order valence-corrected chi connectivity index (χ1v) is 2.36. The van der Waals surface area contributed by atoms with E-state index in [2.05, 4.69) is 4.74 Å². The van der Waals surface area contributed by atoms with Crippen molar-refractivity contribution in [3.8, 4) is 0 Å². The molecule has 0 unspecified atom stereocenters. The van der Waals surface area contributed by atoms with Gasteiger partial charge in [-0.05, 0) is 6.92 Å². The molecule has 0 amide bonds. The molecule has 0 saturated heterocycles. The lowest BCUT2D eigenvalue weighted by Gasteiger charge is -2.02. The van der Waals surface area contributed by atoms with Crippen LogP contribution in [0.15, 0.2) is 0 Å². The van der Waals surface area contributed by atoms with Crippen LogP contribution in [0.4, 0.5) is 0 Å². The zero-order valence-electron chi connectivity index (χ0n) is 4.76. The predicted octanol–water partition coefficient (Wildman–Crippen LogP) is -1.21. The van der Waals surface area contributed by atoms with Crippen LogP contribution in [0.25, 0.3) is 0 Å². The maximum Gasteiger partial charge on any atom is 0.337 e. The molecule has 0 bridgehead atoms. The third-order valence-corrected chi connectivity index (χ3v) is 0.559. The normalized spacial score (nSPS) is 9.50. The summed E-state index contributed by atoms with van der Waals surface area (Å²) in [6, 6.07) is 0. The quantitative estimate of drug-likeness (QED) is 0.352. The van der Waals surface area contributed by atoms with Crippen molar-refractivity contribution in [3.63, 3.8) is 0 Å². The molecule has 0 spiro atoms. The van der Waals surface area contributed by atoms with E-state index in [9.17, 15) is 4.79 Å². The maximum atomic E-state index is 10.3. The second-order valence-corrected chi connectivity index (χ2v) is 1.28. The van der Waals surface area contributed by atoms with E-state index in [-0.39, 0.29) is 0 Å². The van der Waals surface area contributed by atoms with Gasteiger partial charge < -0.3 is 16.2 Å². The van der Waals surface area contributed by atoms with E-state index in [0.29, 0.717) is 6.61 Å². The van der Waals surface area contributed by atoms with Gasteiger partial charge in [0, 0.05) is 0 Å². The fraction of sp³-hybridized carbons (Fsp3) is 0.750. The van der Waals surface area contributed by atoms with Crippen molar-refractivity contribution in [3.05, 3.63) is 0 Å². The Morgan fingerprint density at radius 1 is 1.75 bits per heavy atom. The van der Waals surface area contributed by atoms with Gasteiger partial charge in [-0.25, -0.2) is 4.79 Å². The molecule has 0 aliphatic heterocycles. The number of nitrogens with two attached hydrogens (primary N) is 2. The van der Waals surface area contributed by atoms with Crippen molar-refractivity contribution in [2.75, 3.05) is 6.61 Å². The van der Waals surface area contributed by atoms with Gasteiger partial charge in [0.2, 0.25) is 0 Å². The van der Waals surface area contributed by atoms with Crippen LogP contribution in [0, 0.1) is 0 Å². The van der Waals surface area contributed by atoms with Crippen LogP contribution in [-0.4, -0.2) is 18.7 Å². The monoisotopic (exact) mass is 118 g/mol. The second kappa shape index (κ2) is 3.40. The Morgan fingerprint density at radius 3 is 2.38 bits per heavy atom. The highest BCUT2D eigenvalue weighted by atomic mass is 16.5. The molecule has 0 heterocycles. The summed E-state index contributed by atoms with van der Waals surface area (Å²) < 4.78 is 4.41. The molecule has 0 aromatic rings. The third-order valence-electron chi connectivity index (χ3n) is 0.559. The van der Waals surface area contributed by atoms with Gasteiger partial charge in [-0.3, -0.25) is 0 Å². The lowest BCUT2D eigenvalue weighted by atomic mass is 10.5. The van der Waals surface area contributed by atoms with Gasteiger partial charge in [-0.1, -0.05) is 0 Å². The van der Waals surface area contributed by atoms with Crippen LogP contribution in [-0.2, 0) is 9.53 Å². The molecule has 0 fully saturated rings. The summed E-state index contributed by atoms with van der Waals surface area (Å²) in [5.74, 6) is -0.562. The molecule has 8 heavy (non-hydrogen) atoms. The Morgan fingerprint density at radius 2 is 2.25 bits per heavy atom. The zero-order valence-corrected chi connectivity index (χ0v) is 4.76. The van der Waals surface area contributed by atoms with Gasteiger partial charge in [0.1, 0.15) is 0 Å². The Balaban J connectivity index is 3.33. The number of hydrogen-bond acceptors (Lipinski definition) is 4. The van der Waals surface area contributed by atoms with E-state index >= 15 is 0 Å². The number of rotatable bonds is 2. The van der Waals surface area contributed by atoms with Crippen LogP contribution in [0.1, 0.15) is 6.92 Å². The lowest BCUT2D eigenvalue weighted by Crippen LogP contribution is -2.40. The molecule has 4 N–H and O–H groups in total. The molecule has 48 valence electrons. The van der Waals surface area contributed by atoms with Gasteiger partial charge in [0.25, 0.3) is 0 Å². The van der Waals surface area contributed by atoms with E-state index in [1.807, 2.05) is 0 Å². The molecule has 0 aromatic heterocycles. The van der Waals surface area contributed by atoms with Gasteiger partial charge >= 0.3 is 5.97 Å². The minimum atomic E-state index is -0.991. The number of esters is 1. The Hall–Kier alpha value is -0.610. The fourth-order valence-corrected chi connectivity index (χ4v) is 0.238. The van der Waals surface area contributed by atoms with E-state index in [1.54, 1.807) is 6.92 Å². The van der Waals surface area contributed by atoms with Gasteiger partial charge in [-0.15, -0.1) is 0 Å². The standard InChI is InChI=1S/C4H10N2O2/c1-2-8-4(7)3(5)6/h3H,2,5-6H2,1H3. The van der Waals surface area contributed by atoms with E-state index in [1.165, 1.54) is 0 Å². The smallest absolute Gasteiger partial charge is 0.337 e. The average Bonchev–Trinajstić information content (AvgIpc) is 1.67. The average molecular weight is 118 g/mol. The van der Waals surface area contributed by atoms with Crippen LogP contribution in [0.3, 0.4) is 0 Å². The maximum absolute atomic E-state index is 10.3. The summed E-state index contributed by atoms with van der Waals surface area (Å²) in [4.78, 5) is 10.3. The van der Waals surface area contributed by atoms with E-state index in [0.717, 1.165) is 0 Å². The highest BCUT2D eigenvalue weighted by Crippen LogP contribution is 1.75. The number of carbonyl (C=O) groups is 1. The molecule has 0 aliphatic carbocycles. The van der Waals surface area contributed by atoms with E-state index in [4.69, 9.17) is 11.5 Å². The first kappa shape index (κ1) is 7.39. The Kier molecular flexibility index (Phi) is 3.14. The Bertz CT molecular complexity index is 82.1. The molecule has 0 aromatic carbocycles.